The van der Waals surface area contributed by atoms with Crippen LogP contribution in [-0.2, 0) is 22.6 Å². The first-order valence-corrected chi connectivity index (χ1v) is 13.0. The number of nitrogens with zero attached hydrogens (tertiary/aromatic N) is 3. The van der Waals surface area contributed by atoms with Gasteiger partial charge in [-0.3, -0.25) is 4.79 Å². The van der Waals surface area contributed by atoms with Crippen LogP contribution in [0.25, 0.3) is 22.8 Å². The van der Waals surface area contributed by atoms with E-state index in [0.29, 0.717) is 24.4 Å². The van der Waals surface area contributed by atoms with Gasteiger partial charge in [0.25, 0.3) is 5.89 Å². The molecule has 36 heavy (non-hydrogen) atoms. The standard InChI is InChI=1S/C24H29N3O2.C3H6O2.C2H6/c1-4-18-9-7-10-19(14-18)23-25-24(29-26-23)20-11-12-22(21(15-20)16-28-3)27-13-6-5-8-17(27)2;1-2-3(4)5;1-2/h7,9-12,14-15,17H,4-6,8,13,16H2,1-3H3;2H2,1H3,(H,4,5);1-2H3. The van der Waals surface area contributed by atoms with Crippen LogP contribution in [0.2, 0.25) is 0 Å². The molecule has 196 valence electrons. The highest BCUT2D eigenvalue weighted by atomic mass is 16.5. The van der Waals surface area contributed by atoms with Gasteiger partial charge in [-0.1, -0.05) is 51.1 Å². The fourth-order valence-corrected chi connectivity index (χ4v) is 4.11. The molecule has 2 aromatic carbocycles. The van der Waals surface area contributed by atoms with Crippen molar-refractivity contribution in [3.63, 3.8) is 0 Å². The lowest BCUT2D eigenvalue weighted by Gasteiger charge is -2.36. The Hall–Kier alpha value is -3.19. The molecule has 0 radical (unpaired) electrons. The summed E-state index contributed by atoms with van der Waals surface area (Å²) in [6.45, 7) is 11.7. The number of aliphatic carboxylic acids is 1. The number of aryl methyl sites for hydroxylation is 1. The van der Waals surface area contributed by atoms with Gasteiger partial charge in [0.1, 0.15) is 0 Å². The van der Waals surface area contributed by atoms with Crippen molar-refractivity contribution in [3.8, 4) is 22.8 Å². The quantitative estimate of drug-likeness (QED) is 0.377. The second kappa shape index (κ2) is 15.0. The molecule has 0 spiro atoms. The third-order valence-electron chi connectivity index (χ3n) is 6.06. The highest BCUT2D eigenvalue weighted by Gasteiger charge is 2.22. The molecule has 2 heterocycles. The Labute approximate surface area is 215 Å². The normalized spacial score (nSPS) is 14.8. The van der Waals surface area contributed by atoms with Crippen LogP contribution in [0.3, 0.4) is 0 Å². The number of hydrogen-bond acceptors (Lipinski definition) is 6. The fraction of sp³-hybridized carbons (Fsp3) is 0.483. The van der Waals surface area contributed by atoms with E-state index in [1.54, 1.807) is 14.0 Å². The highest BCUT2D eigenvalue weighted by Crippen LogP contribution is 2.32. The lowest BCUT2D eigenvalue weighted by molar-refractivity contribution is -0.136. The molecule has 0 aliphatic carbocycles. The van der Waals surface area contributed by atoms with Crippen molar-refractivity contribution in [2.45, 2.75) is 79.4 Å². The Morgan fingerprint density at radius 1 is 1.14 bits per heavy atom. The van der Waals surface area contributed by atoms with E-state index in [0.717, 1.165) is 29.7 Å². The van der Waals surface area contributed by atoms with Crippen molar-refractivity contribution in [2.24, 2.45) is 0 Å². The number of benzene rings is 2. The molecule has 1 aliphatic rings. The van der Waals surface area contributed by atoms with E-state index in [9.17, 15) is 4.79 Å². The van der Waals surface area contributed by atoms with Crippen molar-refractivity contribution >= 4 is 11.7 Å². The third-order valence-corrected chi connectivity index (χ3v) is 6.06. The highest BCUT2D eigenvalue weighted by molar-refractivity contribution is 5.66. The van der Waals surface area contributed by atoms with Crippen LogP contribution in [0.4, 0.5) is 5.69 Å². The largest absolute Gasteiger partial charge is 0.481 e. The van der Waals surface area contributed by atoms with Crippen molar-refractivity contribution in [1.82, 2.24) is 10.1 Å². The summed E-state index contributed by atoms with van der Waals surface area (Å²) in [7, 11) is 1.74. The first-order valence-electron chi connectivity index (χ1n) is 13.0. The maximum absolute atomic E-state index is 9.37. The van der Waals surface area contributed by atoms with E-state index in [2.05, 4.69) is 59.2 Å². The van der Waals surface area contributed by atoms with Gasteiger partial charge < -0.3 is 19.3 Å². The Bertz CT molecular complexity index is 1080. The number of carboxylic acids is 1. The van der Waals surface area contributed by atoms with Gasteiger partial charge in [0.15, 0.2) is 0 Å². The number of piperidine rings is 1. The van der Waals surface area contributed by atoms with Crippen LogP contribution < -0.4 is 4.90 Å². The summed E-state index contributed by atoms with van der Waals surface area (Å²) in [6, 6.07) is 15.2. The molecule has 1 aromatic heterocycles. The van der Waals surface area contributed by atoms with E-state index < -0.39 is 5.97 Å². The lowest BCUT2D eigenvalue weighted by Crippen LogP contribution is -2.38. The number of ether oxygens (including phenoxy) is 1. The zero-order valence-corrected chi connectivity index (χ0v) is 22.6. The molecule has 0 amide bonds. The molecule has 0 bridgehead atoms. The van der Waals surface area contributed by atoms with Crippen LogP contribution in [0.15, 0.2) is 47.0 Å². The summed E-state index contributed by atoms with van der Waals surface area (Å²) in [5.74, 6) is 0.416. The molecule has 7 heteroatoms. The van der Waals surface area contributed by atoms with Crippen LogP contribution in [-0.4, -0.2) is 40.9 Å². The molecular formula is C29H41N3O4. The van der Waals surface area contributed by atoms with E-state index in [1.165, 1.54) is 30.5 Å². The maximum Gasteiger partial charge on any atom is 0.303 e. The summed E-state index contributed by atoms with van der Waals surface area (Å²) >= 11 is 0. The Kier molecular flexibility index (Phi) is 12.1. The number of carbonyl (C=O) groups is 1. The minimum atomic E-state index is -0.745. The molecule has 7 nitrogen and oxygen atoms in total. The molecule has 1 aliphatic heterocycles. The van der Waals surface area contributed by atoms with E-state index in [-0.39, 0.29) is 6.42 Å². The predicted octanol–water partition coefficient (Wildman–Crippen LogP) is 7.00. The van der Waals surface area contributed by atoms with Crippen molar-refractivity contribution in [1.29, 1.82) is 0 Å². The van der Waals surface area contributed by atoms with E-state index in [1.807, 2.05) is 26.0 Å². The molecule has 4 rings (SSSR count). The van der Waals surface area contributed by atoms with Gasteiger partial charge in [-0.15, -0.1) is 0 Å². The van der Waals surface area contributed by atoms with Crippen molar-refractivity contribution < 1.29 is 19.2 Å². The SMILES string of the molecule is CC.CCC(=O)O.CCc1cccc(-c2noc(-c3ccc(N4CCCCC4C)c(COC)c3)n2)c1. The number of carboxylic acid groups (broad SMARTS) is 1. The molecule has 1 atom stereocenters. The van der Waals surface area contributed by atoms with Gasteiger partial charge >= 0.3 is 5.97 Å². The molecule has 1 fully saturated rings. The van der Waals surface area contributed by atoms with Gasteiger partial charge in [-0.2, -0.15) is 4.98 Å². The summed E-state index contributed by atoms with van der Waals surface area (Å²) in [5, 5.41) is 11.9. The third kappa shape index (κ3) is 7.92. The first-order chi connectivity index (χ1) is 17.5. The monoisotopic (exact) mass is 495 g/mol. The summed E-state index contributed by atoms with van der Waals surface area (Å²) in [5.41, 5.74) is 5.58. The minimum absolute atomic E-state index is 0.222. The number of aromatic nitrogens is 2. The van der Waals surface area contributed by atoms with Crippen LogP contribution in [0, 0.1) is 0 Å². The molecule has 1 saturated heterocycles. The van der Waals surface area contributed by atoms with E-state index >= 15 is 0 Å². The summed E-state index contributed by atoms with van der Waals surface area (Å²) in [4.78, 5) is 16.5. The molecule has 1 unspecified atom stereocenters. The van der Waals surface area contributed by atoms with E-state index in [4.69, 9.17) is 14.4 Å². The average Bonchev–Trinajstić information content (AvgIpc) is 3.41. The molecule has 3 aromatic rings. The topological polar surface area (TPSA) is 88.7 Å². The zero-order valence-electron chi connectivity index (χ0n) is 22.6. The lowest BCUT2D eigenvalue weighted by atomic mass is 10.00. The van der Waals surface area contributed by atoms with Gasteiger partial charge in [0, 0.05) is 48.5 Å². The number of methoxy groups -OCH3 is 1. The first kappa shape index (κ1) is 29.0. The maximum atomic E-state index is 9.37. The molecule has 0 saturated carbocycles. The summed E-state index contributed by atoms with van der Waals surface area (Å²) in [6.07, 6.45) is 4.98. The average molecular weight is 496 g/mol. The predicted molar refractivity (Wildman–Crippen MR) is 145 cm³/mol. The van der Waals surface area contributed by atoms with Crippen molar-refractivity contribution in [3.05, 3.63) is 53.6 Å². The van der Waals surface area contributed by atoms with Crippen LogP contribution in [0.1, 0.15) is 71.4 Å². The Morgan fingerprint density at radius 3 is 2.53 bits per heavy atom. The fourth-order valence-electron chi connectivity index (χ4n) is 4.11. The van der Waals surface area contributed by atoms with Gasteiger partial charge in [0.2, 0.25) is 5.82 Å². The number of rotatable bonds is 7. The van der Waals surface area contributed by atoms with Gasteiger partial charge in [-0.25, -0.2) is 0 Å². The van der Waals surface area contributed by atoms with Gasteiger partial charge in [-0.05, 0) is 62.4 Å². The smallest absolute Gasteiger partial charge is 0.303 e. The molecular weight excluding hydrogens is 454 g/mol. The number of hydrogen-bond donors (Lipinski definition) is 1. The second-order valence-corrected chi connectivity index (χ2v) is 8.54. The van der Waals surface area contributed by atoms with Crippen molar-refractivity contribution in [2.75, 3.05) is 18.6 Å². The Balaban J connectivity index is 0.000000583. The van der Waals surface area contributed by atoms with Crippen LogP contribution in [0.5, 0.6) is 0 Å². The number of anilines is 1. The minimum Gasteiger partial charge on any atom is -0.481 e. The Morgan fingerprint density at radius 2 is 1.89 bits per heavy atom. The second-order valence-electron chi connectivity index (χ2n) is 8.54. The van der Waals surface area contributed by atoms with Crippen LogP contribution >= 0.6 is 0 Å². The summed E-state index contributed by atoms with van der Waals surface area (Å²) < 4.78 is 11.1. The molecule has 1 N–H and O–H groups in total. The van der Waals surface area contributed by atoms with Gasteiger partial charge in [0.05, 0.1) is 6.61 Å². The zero-order chi connectivity index (χ0) is 26.5.